The Morgan fingerprint density at radius 3 is 2.81 bits per heavy atom. The van der Waals surface area contributed by atoms with Crippen LogP contribution in [0.3, 0.4) is 0 Å². The Morgan fingerprint density at radius 1 is 1.31 bits per heavy atom. The maximum absolute atomic E-state index is 13.7. The van der Waals surface area contributed by atoms with Crippen LogP contribution in [0.2, 0.25) is 0 Å². The van der Waals surface area contributed by atoms with Crippen molar-refractivity contribution in [1.29, 1.82) is 0 Å². The molecule has 2 aromatic rings. The van der Waals surface area contributed by atoms with E-state index >= 15 is 0 Å². The molecular formula is C18H22FN5O2. The molecule has 0 bridgehead atoms. The lowest BCUT2D eigenvalue weighted by atomic mass is 9.94. The number of rotatable bonds is 5. The van der Waals surface area contributed by atoms with Crippen LogP contribution in [0, 0.1) is 17.7 Å². The number of hydrogen-bond acceptors (Lipinski definition) is 3. The first-order chi connectivity index (χ1) is 12.6. The van der Waals surface area contributed by atoms with Crippen molar-refractivity contribution < 1.29 is 9.18 Å². The Kier molecular flexibility index (Phi) is 4.48. The monoisotopic (exact) mass is 359 g/mol. The van der Waals surface area contributed by atoms with Gasteiger partial charge in [0.25, 0.3) is 0 Å². The van der Waals surface area contributed by atoms with Crippen molar-refractivity contribution in [3.05, 3.63) is 52.0 Å². The molecule has 2 unspecified atom stereocenters. The Bertz CT molecular complexity index is 844. The van der Waals surface area contributed by atoms with E-state index in [-0.39, 0.29) is 23.6 Å². The summed E-state index contributed by atoms with van der Waals surface area (Å²) in [7, 11) is 0. The number of aromatic nitrogens is 3. The molecular weight excluding hydrogens is 337 g/mol. The number of nitrogens with one attached hydrogen (secondary N) is 3. The van der Waals surface area contributed by atoms with Crippen molar-refractivity contribution in [2.75, 3.05) is 13.1 Å². The van der Waals surface area contributed by atoms with Gasteiger partial charge in [0.15, 0.2) is 5.82 Å². The Labute approximate surface area is 150 Å². The second kappa shape index (κ2) is 6.93. The van der Waals surface area contributed by atoms with Gasteiger partial charge in [0.2, 0.25) is 0 Å². The number of halogens is 1. The van der Waals surface area contributed by atoms with Gasteiger partial charge < -0.3 is 10.2 Å². The fourth-order valence-electron chi connectivity index (χ4n) is 3.94. The number of likely N-dealkylation sites (tertiary alicyclic amines) is 1. The van der Waals surface area contributed by atoms with E-state index in [0.29, 0.717) is 42.7 Å². The van der Waals surface area contributed by atoms with Crippen LogP contribution < -0.4 is 11.0 Å². The van der Waals surface area contributed by atoms with E-state index in [1.54, 1.807) is 23.1 Å². The van der Waals surface area contributed by atoms with Gasteiger partial charge in [-0.3, -0.25) is 4.98 Å². The van der Waals surface area contributed by atoms with Gasteiger partial charge >= 0.3 is 11.7 Å². The Hall–Kier alpha value is -2.64. The van der Waals surface area contributed by atoms with Gasteiger partial charge in [-0.1, -0.05) is 18.2 Å². The molecule has 3 N–H and O–H groups in total. The molecule has 2 aliphatic rings. The lowest BCUT2D eigenvalue weighted by Crippen LogP contribution is -2.41. The summed E-state index contributed by atoms with van der Waals surface area (Å²) >= 11 is 0. The molecule has 138 valence electrons. The van der Waals surface area contributed by atoms with Gasteiger partial charge in [-0.2, -0.15) is 5.10 Å². The molecule has 1 saturated heterocycles. The number of carbonyl (C=O) groups excluding carboxylic acids is 1. The molecule has 1 saturated carbocycles. The fraction of sp³-hybridized carbons (Fsp3) is 0.500. The summed E-state index contributed by atoms with van der Waals surface area (Å²) in [5.41, 5.74) is 0.222. The van der Waals surface area contributed by atoms with Crippen LogP contribution in [0.5, 0.6) is 0 Å². The normalized spacial score (nSPS) is 22.6. The quantitative estimate of drug-likeness (QED) is 0.762. The van der Waals surface area contributed by atoms with E-state index in [1.165, 1.54) is 18.9 Å². The molecule has 1 aromatic heterocycles. The van der Waals surface area contributed by atoms with Crippen molar-refractivity contribution in [2.24, 2.45) is 11.8 Å². The van der Waals surface area contributed by atoms with Crippen molar-refractivity contribution in [3.63, 3.8) is 0 Å². The molecule has 2 amide bonds. The van der Waals surface area contributed by atoms with Crippen molar-refractivity contribution >= 4 is 6.03 Å². The van der Waals surface area contributed by atoms with Crippen LogP contribution in [-0.2, 0) is 6.42 Å². The highest BCUT2D eigenvalue weighted by Gasteiger charge is 2.46. The third kappa shape index (κ3) is 3.36. The zero-order chi connectivity index (χ0) is 18.1. The first kappa shape index (κ1) is 16.8. The lowest BCUT2D eigenvalue weighted by molar-refractivity contribution is 0.180. The van der Waals surface area contributed by atoms with E-state index in [9.17, 15) is 14.0 Å². The van der Waals surface area contributed by atoms with Gasteiger partial charge in [-0.05, 0) is 49.1 Å². The lowest BCUT2D eigenvalue weighted by Gasteiger charge is -2.26. The van der Waals surface area contributed by atoms with Crippen LogP contribution in [-0.4, -0.2) is 39.2 Å². The van der Waals surface area contributed by atoms with Crippen LogP contribution in [0.4, 0.5) is 9.18 Å². The molecule has 4 rings (SSSR count). The van der Waals surface area contributed by atoms with Crippen LogP contribution in [0.1, 0.15) is 36.7 Å². The summed E-state index contributed by atoms with van der Waals surface area (Å²) < 4.78 is 13.7. The second-order valence-corrected chi connectivity index (χ2v) is 7.06. The largest absolute Gasteiger partial charge is 0.340 e. The van der Waals surface area contributed by atoms with Crippen LogP contribution >= 0.6 is 0 Å². The topological polar surface area (TPSA) is 93.9 Å². The molecule has 2 atom stereocenters. The highest BCUT2D eigenvalue weighted by Crippen LogP contribution is 2.49. The summed E-state index contributed by atoms with van der Waals surface area (Å²) in [5.74, 6) is 1.18. The molecule has 8 heteroatoms. The molecule has 1 aliphatic heterocycles. The maximum Gasteiger partial charge on any atom is 0.340 e. The average Bonchev–Trinajstić information content (AvgIpc) is 3.23. The third-order valence-electron chi connectivity index (χ3n) is 5.36. The molecule has 2 heterocycles. The third-order valence-corrected chi connectivity index (χ3v) is 5.36. The number of nitrogens with zero attached hydrogens (tertiary/aromatic N) is 2. The minimum absolute atomic E-state index is 0.196. The van der Waals surface area contributed by atoms with Gasteiger partial charge in [0.1, 0.15) is 5.82 Å². The van der Waals surface area contributed by atoms with E-state index in [1.807, 2.05) is 0 Å². The number of hydrogen-bond donors (Lipinski definition) is 3. The summed E-state index contributed by atoms with van der Waals surface area (Å²) in [5, 5.41) is 9.34. The first-order valence-corrected chi connectivity index (χ1v) is 9.06. The molecule has 26 heavy (non-hydrogen) atoms. The van der Waals surface area contributed by atoms with Gasteiger partial charge in [0.05, 0.1) is 6.04 Å². The summed E-state index contributed by atoms with van der Waals surface area (Å²) in [4.78, 5) is 28.6. The predicted octanol–water partition coefficient (Wildman–Crippen LogP) is 1.96. The number of benzene rings is 1. The first-order valence-electron chi connectivity index (χ1n) is 9.06. The second-order valence-electron chi connectivity index (χ2n) is 7.06. The SMILES string of the molecule is O=C(NCCc1ccccc1F)N1CCC(C2CC2)C1c1n[nH]c(=O)[nH]1. The van der Waals surface area contributed by atoms with Gasteiger partial charge in [-0.25, -0.2) is 19.1 Å². The number of carbonyl (C=O) groups is 1. The predicted molar refractivity (Wildman–Crippen MR) is 93.0 cm³/mol. The molecule has 2 fully saturated rings. The zero-order valence-corrected chi connectivity index (χ0v) is 14.4. The van der Waals surface area contributed by atoms with Crippen molar-refractivity contribution in [2.45, 2.75) is 31.7 Å². The number of aromatic amines is 2. The highest BCUT2D eigenvalue weighted by atomic mass is 19.1. The minimum atomic E-state index is -0.360. The molecule has 1 aliphatic carbocycles. The van der Waals surface area contributed by atoms with Crippen molar-refractivity contribution in [1.82, 2.24) is 25.4 Å². The van der Waals surface area contributed by atoms with E-state index < -0.39 is 0 Å². The average molecular weight is 359 g/mol. The Balaban J connectivity index is 1.42. The molecule has 0 spiro atoms. The number of amides is 2. The van der Waals surface area contributed by atoms with Gasteiger partial charge in [0, 0.05) is 13.1 Å². The molecule has 7 nitrogen and oxygen atoms in total. The van der Waals surface area contributed by atoms with E-state index in [2.05, 4.69) is 20.5 Å². The van der Waals surface area contributed by atoms with Crippen molar-refractivity contribution in [3.8, 4) is 0 Å². The molecule has 1 aromatic carbocycles. The fourth-order valence-corrected chi connectivity index (χ4v) is 3.94. The molecule has 0 radical (unpaired) electrons. The van der Waals surface area contributed by atoms with E-state index in [4.69, 9.17) is 0 Å². The summed E-state index contributed by atoms with van der Waals surface area (Å²) in [6, 6.07) is 6.16. The number of H-pyrrole nitrogens is 2. The summed E-state index contributed by atoms with van der Waals surface area (Å²) in [6.07, 6.45) is 3.67. The summed E-state index contributed by atoms with van der Waals surface area (Å²) in [6.45, 7) is 0.987. The van der Waals surface area contributed by atoms with Crippen LogP contribution in [0.25, 0.3) is 0 Å². The maximum atomic E-state index is 13.7. The smallest absolute Gasteiger partial charge is 0.338 e. The zero-order valence-electron chi connectivity index (χ0n) is 14.4. The Morgan fingerprint density at radius 2 is 2.12 bits per heavy atom. The standard InChI is InChI=1S/C18H22FN5O2/c19-14-4-2-1-3-12(14)7-9-20-18(26)24-10-8-13(11-5-6-11)15(24)16-21-17(25)23-22-16/h1-4,11,13,15H,5-10H2,(H,20,26)(H2,21,22,23,25). The van der Waals surface area contributed by atoms with Gasteiger partial charge in [-0.15, -0.1) is 0 Å². The van der Waals surface area contributed by atoms with E-state index in [0.717, 1.165) is 6.42 Å². The highest BCUT2D eigenvalue weighted by molar-refractivity contribution is 5.75. The van der Waals surface area contributed by atoms with Crippen LogP contribution in [0.15, 0.2) is 29.1 Å². The number of urea groups is 1. The minimum Gasteiger partial charge on any atom is -0.338 e.